The molecule has 3 aromatic carbocycles. The largest absolute Gasteiger partial charge is 0.462 e. The van der Waals surface area contributed by atoms with Gasteiger partial charge in [0.1, 0.15) is 17.3 Å². The summed E-state index contributed by atoms with van der Waals surface area (Å²) in [5.41, 5.74) is 0. The van der Waals surface area contributed by atoms with Crippen molar-refractivity contribution in [3.8, 4) is 11.5 Å². The Morgan fingerprint density at radius 1 is 0.652 bits per heavy atom. The highest BCUT2D eigenvalue weighted by atomic mass is 31.2. The molecular weight excluding hydrogens is 314 g/mol. The van der Waals surface area contributed by atoms with Crippen LogP contribution in [0, 0.1) is 5.82 Å². The van der Waals surface area contributed by atoms with Crippen LogP contribution in [0.3, 0.4) is 0 Å². The molecule has 0 aliphatic carbocycles. The van der Waals surface area contributed by atoms with Gasteiger partial charge in [0.05, 0.1) is 5.30 Å². The van der Waals surface area contributed by atoms with Crippen molar-refractivity contribution in [2.45, 2.75) is 0 Å². The molecule has 0 aromatic heterocycles. The zero-order valence-corrected chi connectivity index (χ0v) is 13.0. The SMILES string of the molecule is O=P(Oc1ccccc1)(Oc1ccccc1)c1ccc(F)cc1. The number of halogens is 1. The number of para-hydroxylation sites is 2. The first-order valence-corrected chi connectivity index (χ1v) is 8.55. The van der Waals surface area contributed by atoms with Crippen LogP contribution in [0.2, 0.25) is 0 Å². The van der Waals surface area contributed by atoms with Crippen molar-refractivity contribution in [3.05, 3.63) is 90.7 Å². The predicted octanol–water partition coefficient (Wildman–Crippen LogP) is 4.80. The number of benzene rings is 3. The van der Waals surface area contributed by atoms with Crippen LogP contribution < -0.4 is 14.4 Å². The van der Waals surface area contributed by atoms with Gasteiger partial charge in [0.2, 0.25) is 0 Å². The van der Waals surface area contributed by atoms with Crippen molar-refractivity contribution in [1.82, 2.24) is 0 Å². The van der Waals surface area contributed by atoms with E-state index < -0.39 is 13.4 Å². The first-order chi connectivity index (χ1) is 11.2. The van der Waals surface area contributed by atoms with Crippen LogP contribution in [-0.4, -0.2) is 0 Å². The van der Waals surface area contributed by atoms with Gasteiger partial charge in [-0.15, -0.1) is 0 Å². The molecule has 0 heterocycles. The lowest BCUT2D eigenvalue weighted by Gasteiger charge is -2.20. The minimum absolute atomic E-state index is 0.284. The predicted molar refractivity (Wildman–Crippen MR) is 87.8 cm³/mol. The van der Waals surface area contributed by atoms with Gasteiger partial charge in [0.15, 0.2) is 0 Å². The summed E-state index contributed by atoms with van der Waals surface area (Å²) in [6.45, 7) is 0. The Morgan fingerprint density at radius 2 is 1.09 bits per heavy atom. The van der Waals surface area contributed by atoms with E-state index >= 15 is 0 Å². The molecule has 0 aliphatic rings. The second-order valence-electron chi connectivity index (χ2n) is 4.78. The minimum atomic E-state index is -3.70. The quantitative estimate of drug-likeness (QED) is 0.631. The molecule has 3 nitrogen and oxygen atoms in total. The molecule has 5 heteroatoms. The van der Waals surface area contributed by atoms with Gasteiger partial charge in [-0.3, -0.25) is 0 Å². The van der Waals surface area contributed by atoms with E-state index in [1.807, 2.05) is 12.1 Å². The van der Waals surface area contributed by atoms with E-state index in [0.717, 1.165) is 0 Å². The molecular formula is C18H14FO3P. The van der Waals surface area contributed by atoms with E-state index in [4.69, 9.17) is 9.05 Å². The van der Waals surface area contributed by atoms with Crippen molar-refractivity contribution >= 4 is 12.9 Å². The lowest BCUT2D eigenvalue weighted by molar-refractivity contribution is 0.399. The second-order valence-corrected chi connectivity index (χ2v) is 6.66. The summed E-state index contributed by atoms with van der Waals surface area (Å²) in [5, 5.41) is 0.284. The van der Waals surface area contributed by atoms with Crippen LogP contribution in [-0.2, 0) is 4.57 Å². The fourth-order valence-electron chi connectivity index (χ4n) is 1.99. The van der Waals surface area contributed by atoms with Gasteiger partial charge >= 0.3 is 7.60 Å². The van der Waals surface area contributed by atoms with Crippen LogP contribution in [0.5, 0.6) is 11.5 Å². The maximum absolute atomic E-state index is 13.3. The minimum Gasteiger partial charge on any atom is -0.413 e. The molecule has 0 atom stereocenters. The Hall–Kier alpha value is -2.58. The van der Waals surface area contributed by atoms with Crippen LogP contribution in [0.1, 0.15) is 0 Å². The standard InChI is InChI=1S/C18H14FO3P/c19-15-11-13-18(14-12-15)23(20,21-16-7-3-1-4-8-16)22-17-9-5-2-6-10-17/h1-14H. The lowest BCUT2D eigenvalue weighted by atomic mass is 10.3. The van der Waals surface area contributed by atoms with E-state index in [1.165, 1.54) is 24.3 Å². The molecule has 0 bridgehead atoms. The maximum Gasteiger partial charge on any atom is 0.462 e. The molecule has 3 rings (SSSR count). The van der Waals surface area contributed by atoms with E-state index in [0.29, 0.717) is 11.5 Å². The van der Waals surface area contributed by atoms with Crippen molar-refractivity contribution in [2.75, 3.05) is 0 Å². The summed E-state index contributed by atoms with van der Waals surface area (Å²) < 4.78 is 37.7. The third-order valence-electron chi connectivity index (χ3n) is 3.08. The first-order valence-electron chi connectivity index (χ1n) is 7.01. The number of rotatable bonds is 5. The highest BCUT2D eigenvalue weighted by molar-refractivity contribution is 7.63. The molecule has 0 N–H and O–H groups in total. The van der Waals surface area contributed by atoms with E-state index in [2.05, 4.69) is 0 Å². The van der Waals surface area contributed by atoms with Gasteiger partial charge < -0.3 is 9.05 Å². The molecule has 23 heavy (non-hydrogen) atoms. The van der Waals surface area contributed by atoms with Crippen molar-refractivity contribution in [1.29, 1.82) is 0 Å². The van der Waals surface area contributed by atoms with Crippen LogP contribution in [0.15, 0.2) is 84.9 Å². The zero-order chi connectivity index (χ0) is 16.1. The van der Waals surface area contributed by atoms with E-state index in [9.17, 15) is 8.96 Å². The molecule has 0 spiro atoms. The third kappa shape index (κ3) is 3.79. The summed E-state index contributed by atoms with van der Waals surface area (Å²) in [4.78, 5) is 0. The Bertz CT molecular complexity index is 759. The van der Waals surface area contributed by atoms with Gasteiger partial charge in [-0.05, 0) is 48.5 Å². The van der Waals surface area contributed by atoms with Gasteiger partial charge in [-0.25, -0.2) is 8.96 Å². The number of hydrogen-bond donors (Lipinski definition) is 0. The zero-order valence-electron chi connectivity index (χ0n) is 12.1. The highest BCUT2D eigenvalue weighted by Crippen LogP contribution is 2.47. The molecule has 0 radical (unpaired) electrons. The summed E-state index contributed by atoms with van der Waals surface area (Å²) in [7, 11) is -3.70. The maximum atomic E-state index is 13.3. The van der Waals surface area contributed by atoms with Gasteiger partial charge in [-0.1, -0.05) is 36.4 Å². The second kappa shape index (κ2) is 6.67. The van der Waals surface area contributed by atoms with Crippen molar-refractivity contribution in [3.63, 3.8) is 0 Å². The Labute approximate surface area is 133 Å². The van der Waals surface area contributed by atoms with E-state index in [-0.39, 0.29) is 5.30 Å². The summed E-state index contributed by atoms with van der Waals surface area (Å²) in [5.74, 6) is 0.409. The molecule has 0 aliphatic heterocycles. The summed E-state index contributed by atoms with van der Waals surface area (Å²) in [6.07, 6.45) is 0. The topological polar surface area (TPSA) is 35.5 Å². The van der Waals surface area contributed by atoms with Crippen LogP contribution in [0.4, 0.5) is 4.39 Å². The normalized spacial score (nSPS) is 11.0. The molecule has 0 amide bonds. The van der Waals surface area contributed by atoms with Crippen molar-refractivity contribution in [2.24, 2.45) is 0 Å². The average molecular weight is 328 g/mol. The molecule has 116 valence electrons. The highest BCUT2D eigenvalue weighted by Gasteiger charge is 2.31. The third-order valence-corrected chi connectivity index (χ3v) is 4.91. The fraction of sp³-hybridized carbons (Fsp3) is 0. The Kier molecular flexibility index (Phi) is 4.45. The lowest BCUT2D eigenvalue weighted by Crippen LogP contribution is -2.14. The average Bonchev–Trinajstić information content (AvgIpc) is 2.57. The molecule has 0 fully saturated rings. The Balaban J connectivity index is 1.98. The summed E-state index contributed by atoms with van der Waals surface area (Å²) >= 11 is 0. The number of hydrogen-bond acceptors (Lipinski definition) is 3. The molecule has 0 unspecified atom stereocenters. The molecule has 0 saturated carbocycles. The smallest absolute Gasteiger partial charge is 0.413 e. The van der Waals surface area contributed by atoms with Crippen LogP contribution in [0.25, 0.3) is 0 Å². The van der Waals surface area contributed by atoms with Crippen LogP contribution >= 0.6 is 7.60 Å². The van der Waals surface area contributed by atoms with Gasteiger partial charge in [-0.2, -0.15) is 0 Å². The molecule has 0 saturated heterocycles. The fourth-order valence-corrected chi connectivity index (χ4v) is 3.55. The first kappa shape index (κ1) is 15.3. The van der Waals surface area contributed by atoms with E-state index in [1.54, 1.807) is 48.5 Å². The van der Waals surface area contributed by atoms with Gasteiger partial charge in [0.25, 0.3) is 0 Å². The van der Waals surface area contributed by atoms with Gasteiger partial charge in [0, 0.05) is 0 Å². The monoisotopic (exact) mass is 328 g/mol. The summed E-state index contributed by atoms with van der Waals surface area (Å²) in [6, 6.07) is 22.7. The van der Waals surface area contributed by atoms with Crippen molar-refractivity contribution < 1.29 is 18.0 Å². The molecule has 3 aromatic rings. The Morgan fingerprint density at radius 3 is 1.52 bits per heavy atom.